The summed E-state index contributed by atoms with van der Waals surface area (Å²) in [6, 6.07) is 6.68. The fraction of sp³-hybridized carbons (Fsp3) is 0.625. The van der Waals surface area contributed by atoms with Crippen LogP contribution in [-0.4, -0.2) is 43.3 Å². The maximum atomic E-state index is 6.53. The van der Waals surface area contributed by atoms with Gasteiger partial charge in [-0.3, -0.25) is 4.90 Å². The van der Waals surface area contributed by atoms with Gasteiger partial charge < -0.3 is 15.2 Å². The summed E-state index contributed by atoms with van der Waals surface area (Å²) in [5.41, 5.74) is 9.16. The van der Waals surface area contributed by atoms with Gasteiger partial charge in [0.2, 0.25) is 0 Å². The second-order valence-corrected chi connectivity index (χ2v) is 6.42. The summed E-state index contributed by atoms with van der Waals surface area (Å²) in [4.78, 5) is 2.52. The molecule has 1 aromatic carbocycles. The van der Waals surface area contributed by atoms with Crippen molar-refractivity contribution in [1.82, 2.24) is 4.90 Å². The molecule has 2 aliphatic rings. The highest BCUT2D eigenvalue weighted by Crippen LogP contribution is 2.38. The zero-order chi connectivity index (χ0) is 14.3. The first kappa shape index (κ1) is 13.9. The highest BCUT2D eigenvalue weighted by molar-refractivity contribution is 5.42. The smallest absolute Gasteiger partial charge is 0.119 e. The average molecular weight is 276 g/mol. The summed E-state index contributed by atoms with van der Waals surface area (Å²) >= 11 is 0. The molecule has 0 spiro atoms. The van der Waals surface area contributed by atoms with Crippen LogP contribution in [0.25, 0.3) is 0 Å². The van der Waals surface area contributed by atoms with Gasteiger partial charge >= 0.3 is 0 Å². The number of ether oxygens (including phenoxy) is 2. The number of hydrogen-bond acceptors (Lipinski definition) is 4. The van der Waals surface area contributed by atoms with Crippen LogP contribution in [0.15, 0.2) is 18.2 Å². The van der Waals surface area contributed by atoms with Crippen LogP contribution < -0.4 is 10.5 Å². The van der Waals surface area contributed by atoms with Crippen LogP contribution in [0.3, 0.4) is 0 Å². The molecule has 1 aromatic rings. The molecule has 0 radical (unpaired) electrons. The van der Waals surface area contributed by atoms with Gasteiger partial charge in [0.05, 0.1) is 20.3 Å². The SMILES string of the molecule is COc1ccc2c(c1)C(N)C(N1CCOCC1(C)C)C2. The van der Waals surface area contributed by atoms with Crippen molar-refractivity contribution in [3.8, 4) is 5.75 Å². The first-order valence-electron chi connectivity index (χ1n) is 7.30. The summed E-state index contributed by atoms with van der Waals surface area (Å²) in [7, 11) is 1.70. The van der Waals surface area contributed by atoms with E-state index in [1.54, 1.807) is 7.11 Å². The summed E-state index contributed by atoms with van der Waals surface area (Å²) in [5, 5.41) is 0. The zero-order valence-electron chi connectivity index (χ0n) is 12.6. The lowest BCUT2D eigenvalue weighted by Gasteiger charge is -2.46. The van der Waals surface area contributed by atoms with Crippen molar-refractivity contribution in [2.45, 2.75) is 37.9 Å². The average Bonchev–Trinajstić information content (AvgIpc) is 2.75. The van der Waals surface area contributed by atoms with Gasteiger partial charge in [-0.1, -0.05) is 6.07 Å². The molecular weight excluding hydrogens is 252 g/mol. The van der Waals surface area contributed by atoms with Crippen LogP contribution in [0.5, 0.6) is 5.75 Å². The number of methoxy groups -OCH3 is 1. The van der Waals surface area contributed by atoms with Crippen molar-refractivity contribution in [1.29, 1.82) is 0 Å². The Morgan fingerprint density at radius 2 is 2.20 bits per heavy atom. The lowest BCUT2D eigenvalue weighted by Crippen LogP contribution is -2.59. The molecule has 0 bridgehead atoms. The molecule has 2 unspecified atom stereocenters. The van der Waals surface area contributed by atoms with Gasteiger partial charge in [-0.05, 0) is 43.5 Å². The van der Waals surface area contributed by atoms with Crippen molar-refractivity contribution < 1.29 is 9.47 Å². The molecule has 2 atom stereocenters. The molecule has 4 heteroatoms. The Morgan fingerprint density at radius 3 is 2.90 bits per heavy atom. The molecule has 0 amide bonds. The van der Waals surface area contributed by atoms with Crippen LogP contribution in [0.4, 0.5) is 0 Å². The Labute approximate surface area is 120 Å². The predicted molar refractivity (Wildman–Crippen MR) is 79.0 cm³/mol. The number of nitrogens with two attached hydrogens (primary N) is 1. The van der Waals surface area contributed by atoms with E-state index in [-0.39, 0.29) is 11.6 Å². The molecular formula is C16H24N2O2. The number of nitrogens with zero attached hydrogens (tertiary/aromatic N) is 1. The van der Waals surface area contributed by atoms with Gasteiger partial charge in [0.15, 0.2) is 0 Å². The Kier molecular flexibility index (Phi) is 3.48. The van der Waals surface area contributed by atoms with Crippen LogP contribution in [0, 0.1) is 0 Å². The van der Waals surface area contributed by atoms with E-state index in [4.69, 9.17) is 15.2 Å². The number of rotatable bonds is 2. The number of hydrogen-bond donors (Lipinski definition) is 1. The van der Waals surface area contributed by atoms with Crippen molar-refractivity contribution >= 4 is 0 Å². The predicted octanol–water partition coefficient (Wildman–Crippen LogP) is 1.73. The van der Waals surface area contributed by atoms with Gasteiger partial charge in [0, 0.05) is 24.2 Å². The van der Waals surface area contributed by atoms with Gasteiger partial charge in [0.25, 0.3) is 0 Å². The van der Waals surface area contributed by atoms with Crippen LogP contribution in [-0.2, 0) is 11.2 Å². The van der Waals surface area contributed by atoms with E-state index >= 15 is 0 Å². The molecule has 0 aromatic heterocycles. The number of fused-ring (bicyclic) bond motifs is 1. The van der Waals surface area contributed by atoms with Crippen LogP contribution in [0.1, 0.15) is 31.0 Å². The van der Waals surface area contributed by atoms with Gasteiger partial charge in [-0.2, -0.15) is 0 Å². The highest BCUT2D eigenvalue weighted by Gasteiger charge is 2.41. The summed E-state index contributed by atoms with van der Waals surface area (Å²) < 4.78 is 10.9. The maximum absolute atomic E-state index is 6.53. The molecule has 4 nitrogen and oxygen atoms in total. The summed E-state index contributed by atoms with van der Waals surface area (Å²) in [5.74, 6) is 0.890. The molecule has 110 valence electrons. The van der Waals surface area contributed by atoms with E-state index in [0.717, 1.165) is 31.9 Å². The summed E-state index contributed by atoms with van der Waals surface area (Å²) in [6.45, 7) is 7.00. The molecule has 0 saturated carbocycles. The number of morpholine rings is 1. The standard InChI is InChI=1S/C16H24N2O2/c1-16(2)10-20-7-6-18(16)14-8-11-4-5-12(19-3)9-13(11)15(14)17/h4-5,9,14-15H,6-8,10,17H2,1-3H3. The van der Waals surface area contributed by atoms with Crippen LogP contribution >= 0.6 is 0 Å². The molecule has 1 aliphatic heterocycles. The third-order valence-corrected chi connectivity index (χ3v) is 4.67. The van der Waals surface area contributed by atoms with E-state index in [1.807, 2.05) is 6.07 Å². The first-order valence-corrected chi connectivity index (χ1v) is 7.30. The van der Waals surface area contributed by atoms with E-state index < -0.39 is 0 Å². The minimum Gasteiger partial charge on any atom is -0.497 e. The quantitative estimate of drug-likeness (QED) is 0.893. The second kappa shape index (κ2) is 5.02. The minimum absolute atomic E-state index is 0.0483. The second-order valence-electron chi connectivity index (χ2n) is 6.42. The third-order valence-electron chi connectivity index (χ3n) is 4.67. The first-order chi connectivity index (χ1) is 9.53. The molecule has 1 fully saturated rings. The maximum Gasteiger partial charge on any atom is 0.119 e. The zero-order valence-corrected chi connectivity index (χ0v) is 12.6. The van der Waals surface area contributed by atoms with E-state index in [0.29, 0.717) is 6.04 Å². The topological polar surface area (TPSA) is 47.7 Å². The van der Waals surface area contributed by atoms with E-state index in [2.05, 4.69) is 30.9 Å². The highest BCUT2D eigenvalue weighted by atomic mass is 16.5. The molecule has 1 saturated heterocycles. The van der Waals surface area contributed by atoms with Gasteiger partial charge in [-0.15, -0.1) is 0 Å². The molecule has 2 N–H and O–H groups in total. The van der Waals surface area contributed by atoms with Crippen molar-refractivity contribution in [2.24, 2.45) is 5.73 Å². The Bertz CT molecular complexity index is 501. The van der Waals surface area contributed by atoms with Crippen LogP contribution in [0.2, 0.25) is 0 Å². The van der Waals surface area contributed by atoms with Crippen molar-refractivity contribution in [3.63, 3.8) is 0 Å². The van der Waals surface area contributed by atoms with Gasteiger partial charge in [0.1, 0.15) is 5.75 Å². The largest absolute Gasteiger partial charge is 0.497 e. The van der Waals surface area contributed by atoms with E-state index in [1.165, 1.54) is 11.1 Å². The fourth-order valence-corrected chi connectivity index (χ4v) is 3.54. The molecule has 3 rings (SSSR count). The lowest BCUT2D eigenvalue weighted by molar-refractivity contribution is -0.0744. The van der Waals surface area contributed by atoms with Gasteiger partial charge in [-0.25, -0.2) is 0 Å². The molecule has 1 aliphatic carbocycles. The lowest BCUT2D eigenvalue weighted by atomic mass is 9.96. The molecule has 20 heavy (non-hydrogen) atoms. The fourth-order valence-electron chi connectivity index (χ4n) is 3.54. The molecule has 1 heterocycles. The Morgan fingerprint density at radius 1 is 1.40 bits per heavy atom. The Hall–Kier alpha value is -1.10. The Balaban J connectivity index is 1.87. The van der Waals surface area contributed by atoms with Crippen molar-refractivity contribution in [2.75, 3.05) is 26.9 Å². The summed E-state index contributed by atoms with van der Waals surface area (Å²) in [6.07, 6.45) is 1.02. The monoisotopic (exact) mass is 276 g/mol. The third kappa shape index (κ3) is 2.22. The van der Waals surface area contributed by atoms with Crippen molar-refractivity contribution in [3.05, 3.63) is 29.3 Å². The van der Waals surface area contributed by atoms with E-state index in [9.17, 15) is 0 Å². The normalized spacial score (nSPS) is 29.2. The number of benzene rings is 1. The minimum atomic E-state index is 0.0483.